The Morgan fingerprint density at radius 1 is 1.67 bits per heavy atom. The van der Waals surface area contributed by atoms with E-state index >= 15 is 0 Å². The number of rotatable bonds is 2. The molecular weight excluding hydrogens is 174 g/mol. The summed E-state index contributed by atoms with van der Waals surface area (Å²) in [6.07, 6.45) is 3.41. The molecule has 1 aromatic heterocycles. The molecule has 12 heavy (non-hydrogen) atoms. The Labute approximate surface area is 74.9 Å². The lowest BCUT2D eigenvalue weighted by molar-refractivity contribution is 0.110. The summed E-state index contributed by atoms with van der Waals surface area (Å²) in [5.74, 6) is 0.824. The second-order valence-electron chi connectivity index (χ2n) is 2.89. The van der Waals surface area contributed by atoms with Gasteiger partial charge in [-0.15, -0.1) is 0 Å². The molecule has 4 nitrogen and oxygen atoms in total. The first kappa shape index (κ1) is 7.94. The van der Waals surface area contributed by atoms with Gasteiger partial charge in [0.15, 0.2) is 5.13 Å². The summed E-state index contributed by atoms with van der Waals surface area (Å²) in [5, 5.41) is 0.544. The van der Waals surface area contributed by atoms with Crippen molar-refractivity contribution in [3.8, 4) is 0 Å². The number of hydrogen-bond acceptors (Lipinski definition) is 5. The molecule has 0 radical (unpaired) electrons. The predicted octanol–water partition coefficient (Wildman–Crippen LogP) is 0.842. The molecule has 0 saturated carbocycles. The molecule has 0 bridgehead atoms. The van der Waals surface area contributed by atoms with Gasteiger partial charge in [0.05, 0.1) is 6.10 Å². The van der Waals surface area contributed by atoms with Crippen LogP contribution in [0, 0.1) is 0 Å². The largest absolute Gasteiger partial charge is 0.378 e. The zero-order valence-corrected chi connectivity index (χ0v) is 7.51. The lowest BCUT2D eigenvalue weighted by atomic mass is 10.2. The summed E-state index contributed by atoms with van der Waals surface area (Å²) in [4.78, 5) is 4.08. The van der Waals surface area contributed by atoms with Crippen LogP contribution in [0.3, 0.4) is 0 Å². The van der Waals surface area contributed by atoms with Crippen LogP contribution >= 0.6 is 11.5 Å². The van der Waals surface area contributed by atoms with E-state index in [9.17, 15) is 0 Å². The Balaban J connectivity index is 1.94. The van der Waals surface area contributed by atoms with Crippen LogP contribution in [0.4, 0.5) is 5.13 Å². The highest BCUT2D eigenvalue weighted by molar-refractivity contribution is 7.09. The van der Waals surface area contributed by atoms with Gasteiger partial charge in [0.25, 0.3) is 0 Å². The molecule has 1 aromatic rings. The lowest BCUT2D eigenvalue weighted by Gasteiger charge is -2.04. The zero-order valence-electron chi connectivity index (χ0n) is 6.69. The first-order chi connectivity index (χ1) is 5.84. The number of ether oxygens (including phenoxy) is 1. The molecule has 2 heterocycles. The Hall–Kier alpha value is -0.680. The molecule has 0 spiro atoms. The van der Waals surface area contributed by atoms with Gasteiger partial charge in [0.2, 0.25) is 0 Å². The van der Waals surface area contributed by atoms with Crippen molar-refractivity contribution in [3.05, 3.63) is 5.82 Å². The molecule has 0 aliphatic carbocycles. The maximum atomic E-state index is 5.46. The third-order valence-corrected chi connectivity index (χ3v) is 2.50. The van der Waals surface area contributed by atoms with Gasteiger partial charge >= 0.3 is 0 Å². The molecule has 0 aromatic carbocycles. The number of hydrogen-bond donors (Lipinski definition) is 1. The van der Waals surface area contributed by atoms with Crippen LogP contribution in [0.5, 0.6) is 0 Å². The average Bonchev–Trinajstić information content (AvgIpc) is 2.63. The Kier molecular flexibility index (Phi) is 2.23. The molecule has 2 rings (SSSR count). The number of nitrogens with two attached hydrogens (primary N) is 1. The Morgan fingerprint density at radius 3 is 3.17 bits per heavy atom. The van der Waals surface area contributed by atoms with Crippen molar-refractivity contribution < 1.29 is 4.74 Å². The van der Waals surface area contributed by atoms with Crippen LogP contribution in [0.15, 0.2) is 0 Å². The van der Waals surface area contributed by atoms with Crippen molar-refractivity contribution in [1.82, 2.24) is 9.36 Å². The van der Waals surface area contributed by atoms with Crippen LogP contribution in [0.2, 0.25) is 0 Å². The predicted molar refractivity (Wildman–Crippen MR) is 47.0 cm³/mol. The third kappa shape index (κ3) is 1.73. The molecule has 2 N–H and O–H groups in total. The smallest absolute Gasteiger partial charge is 0.199 e. The van der Waals surface area contributed by atoms with E-state index in [0.717, 1.165) is 31.7 Å². The van der Waals surface area contributed by atoms with E-state index in [1.807, 2.05) is 0 Å². The van der Waals surface area contributed by atoms with Gasteiger partial charge in [-0.2, -0.15) is 4.37 Å². The molecule has 0 amide bonds. The van der Waals surface area contributed by atoms with Gasteiger partial charge in [-0.05, 0) is 12.8 Å². The number of anilines is 1. The highest BCUT2D eigenvalue weighted by Gasteiger charge is 2.17. The van der Waals surface area contributed by atoms with Gasteiger partial charge < -0.3 is 10.5 Å². The van der Waals surface area contributed by atoms with Gasteiger partial charge in [-0.3, -0.25) is 0 Å². The number of aromatic nitrogens is 2. The maximum Gasteiger partial charge on any atom is 0.199 e. The number of nitrogens with zero attached hydrogens (tertiary/aromatic N) is 2. The van der Waals surface area contributed by atoms with Gasteiger partial charge in [-0.1, -0.05) is 0 Å². The van der Waals surface area contributed by atoms with Crippen molar-refractivity contribution in [1.29, 1.82) is 0 Å². The maximum absolute atomic E-state index is 5.46. The van der Waals surface area contributed by atoms with Crippen molar-refractivity contribution in [2.75, 3.05) is 12.3 Å². The summed E-state index contributed by atoms with van der Waals surface area (Å²) >= 11 is 1.25. The van der Waals surface area contributed by atoms with Crippen LogP contribution in [-0.2, 0) is 11.2 Å². The SMILES string of the molecule is Nc1nc(CC2CCCO2)ns1. The van der Waals surface area contributed by atoms with Crippen LogP contribution < -0.4 is 5.73 Å². The van der Waals surface area contributed by atoms with E-state index in [2.05, 4.69) is 9.36 Å². The minimum atomic E-state index is 0.319. The molecule has 66 valence electrons. The summed E-state index contributed by atoms with van der Waals surface area (Å²) < 4.78 is 9.55. The first-order valence-electron chi connectivity index (χ1n) is 4.04. The second kappa shape index (κ2) is 3.37. The van der Waals surface area contributed by atoms with Crippen molar-refractivity contribution >= 4 is 16.7 Å². The lowest BCUT2D eigenvalue weighted by Crippen LogP contribution is -2.09. The van der Waals surface area contributed by atoms with Gasteiger partial charge in [0.1, 0.15) is 5.82 Å². The molecular formula is C7H11N3OS. The fourth-order valence-corrected chi connectivity index (χ4v) is 1.82. The summed E-state index contributed by atoms with van der Waals surface area (Å²) in [6.45, 7) is 0.879. The molecule has 1 unspecified atom stereocenters. The number of nitrogen functional groups attached to an aromatic ring is 1. The summed E-state index contributed by atoms with van der Waals surface area (Å²) in [5.41, 5.74) is 5.46. The normalized spacial score (nSPS) is 23.2. The molecule has 5 heteroatoms. The van der Waals surface area contributed by atoms with Gasteiger partial charge in [-0.25, -0.2) is 4.98 Å². The Morgan fingerprint density at radius 2 is 2.58 bits per heavy atom. The van der Waals surface area contributed by atoms with E-state index < -0.39 is 0 Å². The Bertz CT molecular complexity index is 257. The molecule has 1 aliphatic heterocycles. The van der Waals surface area contributed by atoms with Gasteiger partial charge in [0, 0.05) is 24.6 Å². The molecule has 1 atom stereocenters. The first-order valence-corrected chi connectivity index (χ1v) is 4.81. The van der Waals surface area contributed by atoms with Crippen molar-refractivity contribution in [3.63, 3.8) is 0 Å². The third-order valence-electron chi connectivity index (χ3n) is 1.92. The van der Waals surface area contributed by atoms with E-state index in [-0.39, 0.29) is 0 Å². The molecule has 1 fully saturated rings. The molecule has 1 aliphatic rings. The molecule has 1 saturated heterocycles. The minimum absolute atomic E-state index is 0.319. The monoisotopic (exact) mass is 185 g/mol. The fraction of sp³-hybridized carbons (Fsp3) is 0.714. The van der Waals surface area contributed by atoms with Crippen LogP contribution in [-0.4, -0.2) is 22.1 Å². The standard InChI is InChI=1S/C7H11N3OS/c8-7-9-6(10-12-7)4-5-2-1-3-11-5/h5H,1-4H2,(H2,8,9,10). The van der Waals surface area contributed by atoms with Crippen LogP contribution in [0.1, 0.15) is 18.7 Å². The quantitative estimate of drug-likeness (QED) is 0.741. The van der Waals surface area contributed by atoms with Crippen LogP contribution in [0.25, 0.3) is 0 Å². The van der Waals surface area contributed by atoms with E-state index in [1.54, 1.807) is 0 Å². The zero-order chi connectivity index (χ0) is 8.39. The average molecular weight is 185 g/mol. The fourth-order valence-electron chi connectivity index (χ4n) is 1.36. The van der Waals surface area contributed by atoms with E-state index in [0.29, 0.717) is 11.2 Å². The minimum Gasteiger partial charge on any atom is -0.378 e. The van der Waals surface area contributed by atoms with E-state index in [1.165, 1.54) is 11.5 Å². The summed E-state index contributed by atoms with van der Waals surface area (Å²) in [6, 6.07) is 0. The topological polar surface area (TPSA) is 61.0 Å². The van der Waals surface area contributed by atoms with Crippen molar-refractivity contribution in [2.45, 2.75) is 25.4 Å². The summed E-state index contributed by atoms with van der Waals surface area (Å²) in [7, 11) is 0. The van der Waals surface area contributed by atoms with E-state index in [4.69, 9.17) is 10.5 Å². The second-order valence-corrected chi connectivity index (χ2v) is 3.67. The van der Waals surface area contributed by atoms with Crippen molar-refractivity contribution in [2.24, 2.45) is 0 Å². The highest BCUT2D eigenvalue weighted by atomic mass is 32.1. The highest BCUT2D eigenvalue weighted by Crippen LogP contribution is 2.16.